The third-order valence-electron chi connectivity index (χ3n) is 3.31. The Labute approximate surface area is 126 Å². The number of nitrogens with one attached hydrogen (secondary N) is 2. The standard InChI is InChI=1S/C15H16N2O3S/c18-13(10-4-7-21-9-10)8-17-15(19)11-2-1-3-12-14(11)20-6-5-16-12/h1-4,7,9,13,16,18H,5-6,8H2,(H,17,19). The average molecular weight is 304 g/mol. The molecule has 0 fully saturated rings. The normalized spacial score (nSPS) is 14.5. The third kappa shape index (κ3) is 3.01. The molecule has 1 amide bonds. The van der Waals surface area contributed by atoms with Gasteiger partial charge in [-0.05, 0) is 34.5 Å². The summed E-state index contributed by atoms with van der Waals surface area (Å²) in [7, 11) is 0. The van der Waals surface area contributed by atoms with Crippen molar-refractivity contribution in [3.63, 3.8) is 0 Å². The highest BCUT2D eigenvalue weighted by molar-refractivity contribution is 7.07. The Hall–Kier alpha value is -2.05. The zero-order valence-electron chi connectivity index (χ0n) is 11.3. The molecule has 1 atom stereocenters. The number of hydrogen-bond donors (Lipinski definition) is 3. The molecule has 6 heteroatoms. The molecule has 1 aliphatic heterocycles. The third-order valence-corrected chi connectivity index (χ3v) is 4.01. The van der Waals surface area contributed by atoms with E-state index in [9.17, 15) is 9.90 Å². The summed E-state index contributed by atoms with van der Waals surface area (Å²) in [6, 6.07) is 7.26. The predicted octanol–water partition coefficient (Wildman–Crippen LogP) is 2.02. The Morgan fingerprint density at radius 3 is 3.19 bits per heavy atom. The summed E-state index contributed by atoms with van der Waals surface area (Å²) >= 11 is 1.52. The summed E-state index contributed by atoms with van der Waals surface area (Å²) in [6.07, 6.45) is -0.696. The molecule has 0 bridgehead atoms. The fraction of sp³-hybridized carbons (Fsp3) is 0.267. The number of anilines is 1. The fourth-order valence-electron chi connectivity index (χ4n) is 2.22. The minimum absolute atomic E-state index is 0.173. The van der Waals surface area contributed by atoms with Gasteiger partial charge in [-0.25, -0.2) is 0 Å². The topological polar surface area (TPSA) is 70.6 Å². The van der Waals surface area contributed by atoms with Crippen molar-refractivity contribution in [1.82, 2.24) is 5.32 Å². The van der Waals surface area contributed by atoms with E-state index in [2.05, 4.69) is 10.6 Å². The minimum atomic E-state index is -0.696. The largest absolute Gasteiger partial charge is 0.489 e. The van der Waals surface area contributed by atoms with Gasteiger partial charge in [-0.1, -0.05) is 6.07 Å². The Kier molecular flexibility index (Phi) is 4.08. The van der Waals surface area contributed by atoms with Crippen LogP contribution in [0.3, 0.4) is 0 Å². The van der Waals surface area contributed by atoms with Crippen LogP contribution in [0, 0.1) is 0 Å². The van der Waals surface area contributed by atoms with Gasteiger partial charge in [0.05, 0.1) is 17.4 Å². The first-order valence-electron chi connectivity index (χ1n) is 6.74. The molecule has 3 N–H and O–H groups in total. The molecule has 1 aliphatic rings. The van der Waals surface area contributed by atoms with Crippen molar-refractivity contribution < 1.29 is 14.6 Å². The number of hydrogen-bond acceptors (Lipinski definition) is 5. The van der Waals surface area contributed by atoms with E-state index < -0.39 is 6.10 Å². The van der Waals surface area contributed by atoms with E-state index in [-0.39, 0.29) is 12.5 Å². The number of para-hydroxylation sites is 1. The van der Waals surface area contributed by atoms with E-state index in [4.69, 9.17) is 4.74 Å². The van der Waals surface area contributed by atoms with Gasteiger partial charge in [0, 0.05) is 13.1 Å². The van der Waals surface area contributed by atoms with Gasteiger partial charge in [-0.15, -0.1) is 0 Å². The lowest BCUT2D eigenvalue weighted by atomic mass is 10.1. The summed E-state index contributed by atoms with van der Waals surface area (Å²) in [5, 5.41) is 19.7. The molecule has 0 saturated heterocycles. The predicted molar refractivity (Wildman–Crippen MR) is 82.0 cm³/mol. The van der Waals surface area contributed by atoms with Crippen LogP contribution in [0.2, 0.25) is 0 Å². The number of aliphatic hydroxyl groups excluding tert-OH is 1. The maximum atomic E-state index is 12.3. The Morgan fingerprint density at radius 1 is 1.48 bits per heavy atom. The first kappa shape index (κ1) is 13.9. The molecular weight excluding hydrogens is 288 g/mol. The van der Waals surface area contributed by atoms with Crippen LogP contribution in [-0.2, 0) is 0 Å². The Morgan fingerprint density at radius 2 is 2.38 bits per heavy atom. The summed E-state index contributed by atoms with van der Waals surface area (Å²) in [4.78, 5) is 12.3. The number of ether oxygens (including phenoxy) is 1. The second-order valence-corrected chi connectivity index (χ2v) is 5.52. The second-order valence-electron chi connectivity index (χ2n) is 4.74. The van der Waals surface area contributed by atoms with E-state index in [0.29, 0.717) is 17.9 Å². The molecule has 0 aliphatic carbocycles. The number of amides is 1. The number of fused-ring (bicyclic) bond motifs is 1. The maximum Gasteiger partial charge on any atom is 0.255 e. The summed E-state index contributed by atoms with van der Waals surface area (Å²) < 4.78 is 5.57. The van der Waals surface area contributed by atoms with Crippen molar-refractivity contribution in [2.24, 2.45) is 0 Å². The maximum absolute atomic E-state index is 12.3. The summed E-state index contributed by atoms with van der Waals surface area (Å²) in [5.41, 5.74) is 2.12. The lowest BCUT2D eigenvalue weighted by molar-refractivity contribution is 0.0912. The van der Waals surface area contributed by atoms with Crippen LogP contribution in [0.4, 0.5) is 5.69 Å². The molecule has 2 heterocycles. The van der Waals surface area contributed by atoms with Crippen LogP contribution < -0.4 is 15.4 Å². The highest BCUT2D eigenvalue weighted by Crippen LogP contribution is 2.31. The molecule has 5 nitrogen and oxygen atoms in total. The van der Waals surface area contributed by atoms with Crippen LogP contribution in [0.15, 0.2) is 35.0 Å². The van der Waals surface area contributed by atoms with E-state index in [1.165, 1.54) is 11.3 Å². The van der Waals surface area contributed by atoms with E-state index in [0.717, 1.165) is 17.8 Å². The zero-order valence-corrected chi connectivity index (χ0v) is 12.2. The van der Waals surface area contributed by atoms with Crippen molar-refractivity contribution >= 4 is 22.9 Å². The molecule has 21 heavy (non-hydrogen) atoms. The average Bonchev–Trinajstić information content (AvgIpc) is 3.06. The highest BCUT2D eigenvalue weighted by atomic mass is 32.1. The van der Waals surface area contributed by atoms with Crippen LogP contribution >= 0.6 is 11.3 Å². The molecule has 2 aromatic rings. The molecule has 1 aromatic carbocycles. The van der Waals surface area contributed by atoms with Crippen LogP contribution in [0.1, 0.15) is 22.0 Å². The van der Waals surface area contributed by atoms with Gasteiger partial charge >= 0.3 is 0 Å². The van der Waals surface area contributed by atoms with E-state index in [1.807, 2.05) is 29.0 Å². The molecule has 110 valence electrons. The van der Waals surface area contributed by atoms with Gasteiger partial charge < -0.3 is 20.5 Å². The highest BCUT2D eigenvalue weighted by Gasteiger charge is 2.19. The van der Waals surface area contributed by atoms with Crippen molar-refractivity contribution in [1.29, 1.82) is 0 Å². The number of carbonyl (C=O) groups excluding carboxylic acids is 1. The van der Waals surface area contributed by atoms with Gasteiger partial charge in [0.2, 0.25) is 0 Å². The fourth-order valence-corrected chi connectivity index (χ4v) is 2.92. The van der Waals surface area contributed by atoms with Gasteiger partial charge in [0.15, 0.2) is 5.75 Å². The van der Waals surface area contributed by atoms with Gasteiger partial charge in [0.25, 0.3) is 5.91 Å². The Bertz CT molecular complexity index is 628. The Balaban J connectivity index is 1.68. The lowest BCUT2D eigenvalue weighted by Crippen LogP contribution is -2.29. The number of carbonyl (C=O) groups is 1. The molecule has 3 rings (SSSR count). The first-order valence-corrected chi connectivity index (χ1v) is 7.68. The lowest BCUT2D eigenvalue weighted by Gasteiger charge is -2.21. The van der Waals surface area contributed by atoms with Crippen LogP contribution in [-0.4, -0.2) is 30.7 Å². The molecule has 1 aromatic heterocycles. The van der Waals surface area contributed by atoms with Crippen LogP contribution in [0.5, 0.6) is 5.75 Å². The van der Waals surface area contributed by atoms with E-state index in [1.54, 1.807) is 6.07 Å². The number of thiophene rings is 1. The molecule has 0 saturated carbocycles. The van der Waals surface area contributed by atoms with Crippen molar-refractivity contribution in [3.05, 3.63) is 46.2 Å². The summed E-state index contributed by atoms with van der Waals surface area (Å²) in [6.45, 7) is 1.44. The van der Waals surface area contributed by atoms with E-state index >= 15 is 0 Å². The molecule has 1 unspecified atom stereocenters. The van der Waals surface area contributed by atoms with Crippen molar-refractivity contribution in [2.75, 3.05) is 25.0 Å². The smallest absolute Gasteiger partial charge is 0.255 e. The number of rotatable bonds is 4. The van der Waals surface area contributed by atoms with Gasteiger partial charge in [-0.2, -0.15) is 11.3 Å². The van der Waals surface area contributed by atoms with Gasteiger partial charge in [0.1, 0.15) is 6.61 Å². The zero-order chi connectivity index (χ0) is 14.7. The van der Waals surface area contributed by atoms with Crippen molar-refractivity contribution in [2.45, 2.75) is 6.10 Å². The van der Waals surface area contributed by atoms with Gasteiger partial charge in [-0.3, -0.25) is 4.79 Å². The number of aliphatic hydroxyl groups is 1. The first-order chi connectivity index (χ1) is 10.3. The molecule has 0 radical (unpaired) electrons. The second kappa shape index (κ2) is 6.15. The number of benzene rings is 1. The molecule has 0 spiro atoms. The van der Waals surface area contributed by atoms with Crippen molar-refractivity contribution in [3.8, 4) is 5.75 Å². The van der Waals surface area contributed by atoms with Crippen LogP contribution in [0.25, 0.3) is 0 Å². The SMILES string of the molecule is O=C(NCC(O)c1ccsc1)c1cccc2c1OCCN2. The molecular formula is C15H16N2O3S. The monoisotopic (exact) mass is 304 g/mol. The quantitative estimate of drug-likeness (QED) is 0.808. The summed E-state index contributed by atoms with van der Waals surface area (Å²) in [5.74, 6) is 0.330. The minimum Gasteiger partial charge on any atom is -0.489 e.